The molecule has 0 aliphatic carbocycles. The zero-order chi connectivity index (χ0) is 15.5. The molecule has 0 spiro atoms. The first-order valence-corrected chi connectivity index (χ1v) is 7.94. The molecular weight excluding hydrogens is 341 g/mol. The van der Waals surface area contributed by atoms with Crippen LogP contribution < -0.4 is 0 Å². The second-order valence-corrected chi connectivity index (χ2v) is 6.21. The number of carbonyl (C=O) groups is 1. The van der Waals surface area contributed by atoms with E-state index in [1.54, 1.807) is 36.4 Å². The molecular formula is C16H9Cl2NO2S. The number of cyclic esters (lactones) is 1. The molecule has 1 aromatic carbocycles. The summed E-state index contributed by atoms with van der Waals surface area (Å²) in [5.41, 5.74) is 1.05. The van der Waals surface area contributed by atoms with E-state index in [-0.39, 0.29) is 11.6 Å². The van der Waals surface area contributed by atoms with E-state index in [1.807, 2.05) is 17.5 Å². The molecule has 1 aliphatic rings. The van der Waals surface area contributed by atoms with Crippen LogP contribution in [0.5, 0.6) is 0 Å². The van der Waals surface area contributed by atoms with E-state index in [0.717, 1.165) is 10.4 Å². The minimum absolute atomic E-state index is 0.235. The fraction of sp³-hybridized carbons (Fsp3) is 0. The van der Waals surface area contributed by atoms with Crippen molar-refractivity contribution in [2.75, 3.05) is 0 Å². The fourth-order valence-corrected chi connectivity index (χ4v) is 2.93. The van der Waals surface area contributed by atoms with Crippen LogP contribution in [0.15, 0.2) is 52.5 Å². The summed E-state index contributed by atoms with van der Waals surface area (Å²) in [6, 6.07) is 8.97. The molecule has 2 heterocycles. The smallest absolute Gasteiger partial charge is 0.363 e. The molecule has 22 heavy (non-hydrogen) atoms. The Morgan fingerprint density at radius 1 is 1.18 bits per heavy atom. The molecule has 0 fully saturated rings. The number of hydrogen-bond acceptors (Lipinski definition) is 4. The number of esters is 1. The molecule has 0 saturated carbocycles. The number of aliphatic imine (C=N–C) groups is 1. The predicted molar refractivity (Wildman–Crippen MR) is 91.3 cm³/mol. The van der Waals surface area contributed by atoms with Crippen LogP contribution in [0.4, 0.5) is 0 Å². The maximum Gasteiger partial charge on any atom is 0.363 e. The van der Waals surface area contributed by atoms with Crippen molar-refractivity contribution in [2.24, 2.45) is 4.99 Å². The van der Waals surface area contributed by atoms with Gasteiger partial charge >= 0.3 is 5.97 Å². The highest BCUT2D eigenvalue weighted by molar-refractivity contribution is 7.10. The van der Waals surface area contributed by atoms with Crippen LogP contribution in [0.3, 0.4) is 0 Å². The molecule has 0 N–H and O–H groups in total. The molecule has 1 aromatic heterocycles. The van der Waals surface area contributed by atoms with Gasteiger partial charge in [0.05, 0.1) is 0 Å². The first kappa shape index (κ1) is 15.0. The van der Waals surface area contributed by atoms with E-state index in [9.17, 15) is 4.79 Å². The van der Waals surface area contributed by atoms with Crippen molar-refractivity contribution in [3.63, 3.8) is 0 Å². The average molecular weight is 350 g/mol. The molecule has 3 rings (SSSR count). The van der Waals surface area contributed by atoms with Crippen molar-refractivity contribution < 1.29 is 9.53 Å². The topological polar surface area (TPSA) is 38.7 Å². The molecule has 0 bridgehead atoms. The van der Waals surface area contributed by atoms with Gasteiger partial charge in [0.2, 0.25) is 5.90 Å². The van der Waals surface area contributed by atoms with Crippen molar-refractivity contribution >= 4 is 58.6 Å². The van der Waals surface area contributed by atoms with Gasteiger partial charge in [-0.1, -0.05) is 35.3 Å². The van der Waals surface area contributed by atoms with Gasteiger partial charge in [-0.05, 0) is 41.3 Å². The van der Waals surface area contributed by atoms with Crippen LogP contribution in [0.25, 0.3) is 12.2 Å². The molecule has 1 aliphatic heterocycles. The first-order valence-electron chi connectivity index (χ1n) is 6.31. The highest BCUT2D eigenvalue weighted by Crippen LogP contribution is 2.23. The van der Waals surface area contributed by atoms with E-state index in [0.29, 0.717) is 10.0 Å². The third kappa shape index (κ3) is 3.47. The minimum atomic E-state index is -0.463. The van der Waals surface area contributed by atoms with E-state index in [4.69, 9.17) is 27.9 Å². The van der Waals surface area contributed by atoms with Crippen molar-refractivity contribution in [2.45, 2.75) is 0 Å². The number of thiophene rings is 1. The molecule has 110 valence electrons. The number of ether oxygens (including phenoxy) is 1. The SMILES string of the molecule is O=C1OC(C=Cc2ccc(Cl)cc2Cl)=NC1=Cc1cccs1. The minimum Gasteiger partial charge on any atom is -0.403 e. The van der Waals surface area contributed by atoms with E-state index < -0.39 is 5.97 Å². The molecule has 2 aromatic rings. The lowest BCUT2D eigenvalue weighted by atomic mass is 10.2. The van der Waals surface area contributed by atoms with Crippen molar-refractivity contribution in [3.05, 3.63) is 68.0 Å². The number of nitrogens with zero attached hydrogens (tertiary/aromatic N) is 1. The largest absolute Gasteiger partial charge is 0.403 e. The highest BCUT2D eigenvalue weighted by atomic mass is 35.5. The summed E-state index contributed by atoms with van der Waals surface area (Å²) >= 11 is 13.4. The van der Waals surface area contributed by atoms with Crippen LogP contribution >= 0.6 is 34.5 Å². The van der Waals surface area contributed by atoms with Gasteiger partial charge in [0, 0.05) is 21.0 Å². The average Bonchev–Trinajstić information content (AvgIpc) is 3.09. The van der Waals surface area contributed by atoms with Crippen molar-refractivity contribution in [3.8, 4) is 0 Å². The van der Waals surface area contributed by atoms with Gasteiger partial charge in [0.25, 0.3) is 0 Å². The number of hydrogen-bond donors (Lipinski definition) is 0. The monoisotopic (exact) mass is 349 g/mol. The Labute approximate surface area is 141 Å². The van der Waals surface area contributed by atoms with Crippen LogP contribution in [0.1, 0.15) is 10.4 Å². The Kier molecular flexibility index (Phi) is 4.43. The van der Waals surface area contributed by atoms with Gasteiger partial charge in [0.15, 0.2) is 5.70 Å². The van der Waals surface area contributed by atoms with Gasteiger partial charge < -0.3 is 4.74 Å². The number of benzene rings is 1. The summed E-state index contributed by atoms with van der Waals surface area (Å²) in [6.07, 6.45) is 5.02. The van der Waals surface area contributed by atoms with Gasteiger partial charge in [-0.15, -0.1) is 11.3 Å². The number of halogens is 2. The Morgan fingerprint density at radius 2 is 2.05 bits per heavy atom. The zero-order valence-corrected chi connectivity index (χ0v) is 13.5. The molecule has 0 radical (unpaired) electrons. The predicted octanol–water partition coefficient (Wildman–Crippen LogP) is 5.06. The third-order valence-electron chi connectivity index (χ3n) is 2.83. The summed E-state index contributed by atoms with van der Waals surface area (Å²) in [5, 5.41) is 3.01. The lowest BCUT2D eigenvalue weighted by molar-refractivity contribution is -0.129. The quantitative estimate of drug-likeness (QED) is 0.573. The lowest BCUT2D eigenvalue weighted by Crippen LogP contribution is -2.00. The van der Waals surface area contributed by atoms with Crippen LogP contribution in [0.2, 0.25) is 10.0 Å². The van der Waals surface area contributed by atoms with E-state index >= 15 is 0 Å². The normalized spacial score (nSPS) is 16.4. The number of rotatable bonds is 3. The fourth-order valence-electron chi connectivity index (χ4n) is 1.80. The molecule has 0 atom stereocenters. The molecule has 0 unspecified atom stereocenters. The Hall–Kier alpha value is -1.88. The van der Waals surface area contributed by atoms with E-state index in [2.05, 4.69) is 4.99 Å². The summed E-state index contributed by atoms with van der Waals surface area (Å²) in [7, 11) is 0. The van der Waals surface area contributed by atoms with Gasteiger partial charge in [-0.3, -0.25) is 0 Å². The molecule has 6 heteroatoms. The zero-order valence-electron chi connectivity index (χ0n) is 11.1. The summed E-state index contributed by atoms with van der Waals surface area (Å²) < 4.78 is 5.10. The molecule has 0 amide bonds. The maximum absolute atomic E-state index is 11.8. The standard InChI is InChI=1S/C16H9Cl2NO2S/c17-11-5-3-10(13(18)8-11)4-6-15-19-14(16(20)21-15)9-12-2-1-7-22-12/h1-9H. The second-order valence-electron chi connectivity index (χ2n) is 4.38. The first-order chi connectivity index (χ1) is 10.6. The Bertz CT molecular complexity index is 808. The number of carbonyl (C=O) groups excluding carboxylic acids is 1. The maximum atomic E-state index is 11.8. The van der Waals surface area contributed by atoms with Gasteiger partial charge in [0.1, 0.15) is 0 Å². The second kappa shape index (κ2) is 6.48. The van der Waals surface area contributed by atoms with Crippen molar-refractivity contribution in [1.29, 1.82) is 0 Å². The highest BCUT2D eigenvalue weighted by Gasteiger charge is 2.21. The summed E-state index contributed by atoms with van der Waals surface area (Å²) in [4.78, 5) is 16.9. The Balaban J connectivity index is 1.81. The third-order valence-corrected chi connectivity index (χ3v) is 4.21. The lowest BCUT2D eigenvalue weighted by Gasteiger charge is -1.98. The van der Waals surface area contributed by atoms with E-state index in [1.165, 1.54) is 11.3 Å². The van der Waals surface area contributed by atoms with Crippen molar-refractivity contribution in [1.82, 2.24) is 0 Å². The molecule has 0 saturated heterocycles. The van der Waals surface area contributed by atoms with Crippen LogP contribution in [-0.4, -0.2) is 11.9 Å². The molecule has 3 nitrogen and oxygen atoms in total. The van der Waals surface area contributed by atoms with Gasteiger partial charge in [-0.25, -0.2) is 9.79 Å². The van der Waals surface area contributed by atoms with Crippen LogP contribution in [0, 0.1) is 0 Å². The van der Waals surface area contributed by atoms with Crippen LogP contribution in [-0.2, 0) is 9.53 Å². The Morgan fingerprint density at radius 3 is 2.77 bits per heavy atom. The summed E-state index contributed by atoms with van der Waals surface area (Å²) in [5.74, 6) is -0.228. The summed E-state index contributed by atoms with van der Waals surface area (Å²) in [6.45, 7) is 0. The van der Waals surface area contributed by atoms with Gasteiger partial charge in [-0.2, -0.15) is 0 Å².